The van der Waals surface area contributed by atoms with Gasteiger partial charge in [0.25, 0.3) is 0 Å². The average Bonchev–Trinajstić information content (AvgIpc) is 3.58. The maximum atomic E-state index is 11.6. The highest BCUT2D eigenvalue weighted by Crippen LogP contribution is 2.34. The molecule has 2 aliphatic heterocycles. The summed E-state index contributed by atoms with van der Waals surface area (Å²) in [6, 6.07) is 6.32. The second kappa shape index (κ2) is 24.8. The van der Waals surface area contributed by atoms with Crippen molar-refractivity contribution in [3.8, 4) is 0 Å². The Morgan fingerprint density at radius 1 is 0.774 bits per heavy atom. The van der Waals surface area contributed by atoms with Gasteiger partial charge in [0.05, 0.1) is 39.7 Å². The highest BCUT2D eigenvalue weighted by molar-refractivity contribution is 6.03. The maximum Gasteiger partial charge on any atom is 0.233 e. The molecule has 0 saturated carbocycles. The van der Waals surface area contributed by atoms with Crippen LogP contribution in [0.5, 0.6) is 0 Å². The first-order valence-electron chi connectivity index (χ1n) is 23.4. The number of aryl methyl sites for hydroxylation is 2. The summed E-state index contributed by atoms with van der Waals surface area (Å²) in [6.45, 7) is 33.2. The van der Waals surface area contributed by atoms with Crippen LogP contribution in [0.1, 0.15) is 151 Å². The van der Waals surface area contributed by atoms with Gasteiger partial charge in [-0.1, -0.05) is 101 Å². The van der Waals surface area contributed by atoms with Gasteiger partial charge in [-0.3, -0.25) is 28.8 Å². The van der Waals surface area contributed by atoms with Gasteiger partial charge in [0, 0.05) is 38.3 Å². The van der Waals surface area contributed by atoms with Crippen molar-refractivity contribution >= 4 is 34.4 Å². The van der Waals surface area contributed by atoms with Crippen molar-refractivity contribution in [2.75, 3.05) is 27.2 Å². The number of carbonyl (C=O) groups is 4. The van der Waals surface area contributed by atoms with E-state index in [2.05, 4.69) is 88.9 Å². The molecule has 11 heteroatoms. The van der Waals surface area contributed by atoms with Gasteiger partial charge < -0.3 is 4.90 Å². The molecule has 4 heterocycles. The van der Waals surface area contributed by atoms with Crippen LogP contribution in [-0.2, 0) is 51.9 Å². The standard InChI is InChI=1S/C17H24N2.C10H17N3.C10H19NO.C9H15NO2.C5H10O/c1-11(2)8-15-16(9-12(3)4)19-17-10-13(5)6-7-14(17)18-15;1-7-4-8(2)6-10-9(5-7)11-12-13(10)3;1-8(2)10(12)9-4-6-11(3)7-5-9;1-9(2,3)6-5-7(11)10(4)8(6)12;1-4(2)5(3)6/h6-7,10-12H,8-9H2,1-5H3;7-8H,4-6H2,1-3H3;8-9H,4-7H2,1-3H3;6H,5H2,1-4H3;4H,1-3H3. The Bertz CT molecular complexity index is 1900. The van der Waals surface area contributed by atoms with Crippen LogP contribution in [0.3, 0.4) is 0 Å². The zero-order chi connectivity index (χ0) is 47.2. The molecule has 2 amide bonds. The molecule has 6 rings (SSSR count). The Morgan fingerprint density at radius 3 is 1.73 bits per heavy atom. The van der Waals surface area contributed by atoms with Gasteiger partial charge >= 0.3 is 0 Å². The summed E-state index contributed by atoms with van der Waals surface area (Å²) in [6.07, 6.45) is 8.09. The predicted octanol–water partition coefficient (Wildman–Crippen LogP) is 9.73. The van der Waals surface area contributed by atoms with Gasteiger partial charge in [0.2, 0.25) is 11.8 Å². The van der Waals surface area contributed by atoms with Crippen LogP contribution >= 0.6 is 0 Å². The number of rotatable bonds is 7. The zero-order valence-electron chi connectivity index (χ0n) is 42.2. The number of Topliss-reactive ketones (excluding diaryl/α,β-unsaturated/α-hetero) is 2. The van der Waals surface area contributed by atoms with E-state index in [1.807, 2.05) is 60.2 Å². The van der Waals surface area contributed by atoms with Crippen LogP contribution in [0.25, 0.3) is 11.0 Å². The molecule has 1 aromatic carbocycles. The zero-order valence-corrected chi connectivity index (χ0v) is 42.2. The lowest BCUT2D eigenvalue weighted by Gasteiger charge is -2.28. The first-order chi connectivity index (χ1) is 28.7. The molecule has 3 aliphatic rings. The molecule has 62 heavy (non-hydrogen) atoms. The number of piperidine rings is 1. The van der Waals surface area contributed by atoms with Gasteiger partial charge in [0.15, 0.2) is 0 Å². The van der Waals surface area contributed by atoms with Crippen molar-refractivity contribution < 1.29 is 19.2 Å². The Labute approximate surface area is 376 Å². The molecular weight excluding hydrogens is 775 g/mol. The van der Waals surface area contributed by atoms with Gasteiger partial charge in [-0.25, -0.2) is 9.97 Å². The largest absolute Gasteiger partial charge is 0.306 e. The average molecular weight is 860 g/mol. The van der Waals surface area contributed by atoms with Crippen LogP contribution in [-0.4, -0.2) is 85.3 Å². The number of hydrogen-bond donors (Lipinski definition) is 0. The Hall–Kier alpha value is -3.86. The summed E-state index contributed by atoms with van der Waals surface area (Å²) < 4.78 is 1.93. The van der Waals surface area contributed by atoms with Crippen LogP contribution < -0.4 is 0 Å². The number of imide groups is 1. The third kappa shape index (κ3) is 17.7. The summed E-state index contributed by atoms with van der Waals surface area (Å²) >= 11 is 0. The summed E-state index contributed by atoms with van der Waals surface area (Å²) in [5.41, 5.74) is 8.13. The highest BCUT2D eigenvalue weighted by Gasteiger charge is 2.42. The topological polar surface area (TPSA) is 131 Å². The molecule has 0 radical (unpaired) electrons. The first-order valence-corrected chi connectivity index (χ1v) is 23.4. The lowest BCUT2D eigenvalue weighted by molar-refractivity contribution is -0.138. The predicted molar refractivity (Wildman–Crippen MR) is 254 cm³/mol. The van der Waals surface area contributed by atoms with E-state index in [1.165, 1.54) is 39.7 Å². The molecule has 3 aromatic rings. The SMILES string of the molecule is CC(=O)C(C)C.CC(C)C(=O)C1CCN(C)CC1.CC1Cc2nnn(C)c2CC(C)C1.CN1C(=O)CC(C(C)(C)C)C1=O.Cc1ccc2nc(CC(C)C)c(CC(C)C)nc2c1. The summed E-state index contributed by atoms with van der Waals surface area (Å²) in [7, 11) is 5.67. The molecule has 0 N–H and O–H groups in total. The Morgan fingerprint density at radius 2 is 1.29 bits per heavy atom. The summed E-state index contributed by atoms with van der Waals surface area (Å²) in [4.78, 5) is 57.6. The van der Waals surface area contributed by atoms with Crippen LogP contribution in [0.15, 0.2) is 18.2 Å². The molecular formula is C51H85N7O4. The van der Waals surface area contributed by atoms with Gasteiger partial charge in [0.1, 0.15) is 11.6 Å². The second-order valence-electron chi connectivity index (χ2n) is 21.1. The number of aromatic nitrogens is 5. The van der Waals surface area contributed by atoms with Crippen LogP contribution in [0.4, 0.5) is 0 Å². The molecule has 11 nitrogen and oxygen atoms in total. The van der Waals surface area contributed by atoms with Crippen molar-refractivity contribution in [2.45, 2.75) is 155 Å². The van der Waals surface area contributed by atoms with E-state index < -0.39 is 0 Å². The fourth-order valence-corrected chi connectivity index (χ4v) is 7.88. The number of nitrogens with zero attached hydrogens (tertiary/aromatic N) is 7. The lowest BCUT2D eigenvalue weighted by atomic mass is 9.80. The number of hydrogen-bond acceptors (Lipinski definition) is 9. The van der Waals surface area contributed by atoms with Crippen molar-refractivity contribution in [3.05, 3.63) is 46.5 Å². The van der Waals surface area contributed by atoms with E-state index in [0.29, 0.717) is 30.0 Å². The number of likely N-dealkylation sites (tertiary alicyclic amines) is 2. The number of carbonyl (C=O) groups excluding carboxylic acids is 4. The minimum Gasteiger partial charge on any atom is -0.306 e. The number of amides is 2. The van der Waals surface area contributed by atoms with E-state index in [4.69, 9.17) is 9.97 Å². The normalized spacial score (nSPS) is 19.5. The minimum absolute atomic E-state index is 0.0347. The van der Waals surface area contributed by atoms with E-state index in [9.17, 15) is 19.2 Å². The Kier molecular flexibility index (Phi) is 21.7. The molecule has 3 atom stereocenters. The quantitative estimate of drug-likeness (QED) is 0.168. The molecule has 2 saturated heterocycles. The second-order valence-corrected chi connectivity index (χ2v) is 21.1. The number of fused-ring (bicyclic) bond motifs is 2. The molecule has 2 fully saturated rings. The molecule has 348 valence electrons. The molecule has 0 bridgehead atoms. The van der Waals surface area contributed by atoms with Crippen LogP contribution in [0, 0.1) is 59.7 Å². The molecule has 2 aromatic heterocycles. The highest BCUT2D eigenvalue weighted by atomic mass is 16.2. The van der Waals surface area contributed by atoms with Crippen LogP contribution in [0.2, 0.25) is 0 Å². The fourth-order valence-electron chi connectivity index (χ4n) is 7.88. The van der Waals surface area contributed by atoms with E-state index in [0.717, 1.165) is 74.5 Å². The summed E-state index contributed by atoms with van der Waals surface area (Å²) in [5, 5.41) is 8.29. The molecule has 1 aliphatic carbocycles. The molecule has 0 spiro atoms. The fraction of sp³-hybridized carbons (Fsp3) is 0.725. The minimum atomic E-state index is -0.130. The maximum absolute atomic E-state index is 11.6. The lowest BCUT2D eigenvalue weighted by Crippen LogP contribution is -2.34. The third-order valence-electron chi connectivity index (χ3n) is 12.0. The van der Waals surface area contributed by atoms with Gasteiger partial charge in [-0.15, -0.1) is 5.10 Å². The summed E-state index contributed by atoms with van der Waals surface area (Å²) in [5.74, 6) is 4.04. The van der Waals surface area contributed by atoms with E-state index in [-0.39, 0.29) is 40.8 Å². The van der Waals surface area contributed by atoms with E-state index >= 15 is 0 Å². The molecule has 3 unspecified atom stereocenters. The van der Waals surface area contributed by atoms with Crippen molar-refractivity contribution in [1.29, 1.82) is 0 Å². The Balaban J connectivity index is 0.000000277. The van der Waals surface area contributed by atoms with Gasteiger partial charge in [-0.05, 0) is 126 Å². The van der Waals surface area contributed by atoms with Gasteiger partial charge in [-0.2, -0.15) is 0 Å². The van der Waals surface area contributed by atoms with Crippen molar-refractivity contribution in [1.82, 2.24) is 34.8 Å². The monoisotopic (exact) mass is 860 g/mol. The van der Waals surface area contributed by atoms with E-state index in [1.54, 1.807) is 14.0 Å². The number of ketones is 2. The van der Waals surface area contributed by atoms with Crippen molar-refractivity contribution in [2.24, 2.45) is 59.8 Å². The first kappa shape index (κ1) is 54.3. The smallest absolute Gasteiger partial charge is 0.233 e. The van der Waals surface area contributed by atoms with Crippen molar-refractivity contribution in [3.63, 3.8) is 0 Å². The number of benzene rings is 1. The third-order valence-corrected chi connectivity index (χ3v) is 12.0.